The van der Waals surface area contributed by atoms with Crippen LogP contribution >= 0.6 is 0 Å². The summed E-state index contributed by atoms with van der Waals surface area (Å²) in [6, 6.07) is 5.41. The molecule has 0 aromatic heterocycles. The molecule has 0 aliphatic carbocycles. The van der Waals surface area contributed by atoms with Crippen LogP contribution in [0.4, 0.5) is 5.69 Å². The summed E-state index contributed by atoms with van der Waals surface area (Å²) in [7, 11) is 0. The minimum Gasteiger partial charge on any atom is -0.380 e. The minimum atomic E-state index is -0.601. The number of nitrogens with one attached hydrogen (secondary N) is 2. The summed E-state index contributed by atoms with van der Waals surface area (Å²) < 4.78 is 5.61. The number of rotatable bonds is 2. The Balaban J connectivity index is 1.44. The molecule has 3 aliphatic rings. The second kappa shape index (κ2) is 11.4. The van der Waals surface area contributed by atoms with E-state index in [4.69, 9.17) is 4.74 Å². The zero-order chi connectivity index (χ0) is 24.8. The highest BCUT2D eigenvalue weighted by Crippen LogP contribution is 2.38. The molecule has 0 unspecified atom stereocenters. The van der Waals surface area contributed by atoms with Gasteiger partial charge in [0.1, 0.15) is 6.04 Å². The standard InChI is InChI=1S/C27H40N4O4/c1-20-7-8-22(19-23(20)30-13-4-5-14-30)25(33)31-15-10-27(11-16-31)9-3-6-17-35-18-12-28-24(32)21(2)29-26(27)34/h7-8,19,21H,3-6,9-18H2,1-2H3,(H,28,32)(H,29,34)/t21-/m0/s1. The van der Waals surface area contributed by atoms with Gasteiger partial charge in [-0.15, -0.1) is 0 Å². The van der Waals surface area contributed by atoms with E-state index in [-0.39, 0.29) is 17.7 Å². The predicted molar refractivity (Wildman–Crippen MR) is 135 cm³/mol. The van der Waals surface area contributed by atoms with Crippen LogP contribution < -0.4 is 15.5 Å². The summed E-state index contributed by atoms with van der Waals surface area (Å²) in [6.07, 6.45) is 6.09. The molecular weight excluding hydrogens is 444 g/mol. The van der Waals surface area contributed by atoms with Crippen molar-refractivity contribution in [3.8, 4) is 0 Å². The number of carbonyl (C=O) groups is 3. The molecule has 0 saturated carbocycles. The van der Waals surface area contributed by atoms with E-state index in [9.17, 15) is 14.4 Å². The number of aryl methyl sites for hydroxylation is 1. The van der Waals surface area contributed by atoms with Gasteiger partial charge in [-0.2, -0.15) is 0 Å². The second-order valence-electron chi connectivity index (χ2n) is 10.3. The highest BCUT2D eigenvalue weighted by Gasteiger charge is 2.42. The average molecular weight is 485 g/mol. The number of hydrogen-bond acceptors (Lipinski definition) is 5. The fourth-order valence-corrected chi connectivity index (χ4v) is 5.54. The first-order valence-electron chi connectivity index (χ1n) is 13.2. The normalized spacial score (nSPS) is 24.2. The van der Waals surface area contributed by atoms with Gasteiger partial charge in [0.05, 0.1) is 12.0 Å². The summed E-state index contributed by atoms with van der Waals surface area (Å²) in [5, 5.41) is 5.76. The molecule has 3 heterocycles. The van der Waals surface area contributed by atoms with E-state index >= 15 is 0 Å². The van der Waals surface area contributed by atoms with Gasteiger partial charge in [0.2, 0.25) is 11.8 Å². The molecule has 8 heteroatoms. The van der Waals surface area contributed by atoms with E-state index in [2.05, 4.69) is 22.5 Å². The monoisotopic (exact) mass is 484 g/mol. The van der Waals surface area contributed by atoms with Gasteiger partial charge >= 0.3 is 0 Å². The topological polar surface area (TPSA) is 91.0 Å². The largest absolute Gasteiger partial charge is 0.380 e. The third-order valence-electron chi connectivity index (χ3n) is 7.87. The third-order valence-corrected chi connectivity index (χ3v) is 7.87. The molecule has 3 aliphatic heterocycles. The van der Waals surface area contributed by atoms with E-state index < -0.39 is 11.5 Å². The summed E-state index contributed by atoms with van der Waals surface area (Å²) in [4.78, 5) is 43.4. The van der Waals surface area contributed by atoms with Crippen molar-refractivity contribution < 1.29 is 19.1 Å². The quantitative estimate of drug-likeness (QED) is 0.674. The minimum absolute atomic E-state index is 0.0338. The molecular formula is C27H40N4O4. The molecule has 1 aromatic rings. The van der Waals surface area contributed by atoms with Crippen LogP contribution in [0.25, 0.3) is 0 Å². The van der Waals surface area contributed by atoms with Gasteiger partial charge in [-0.1, -0.05) is 12.5 Å². The molecule has 8 nitrogen and oxygen atoms in total. The highest BCUT2D eigenvalue weighted by atomic mass is 16.5. The van der Waals surface area contributed by atoms with Gasteiger partial charge in [0.25, 0.3) is 5.91 Å². The van der Waals surface area contributed by atoms with E-state index in [1.807, 2.05) is 23.1 Å². The molecule has 1 aromatic carbocycles. The Kier molecular flexibility index (Phi) is 8.31. The number of hydrogen-bond donors (Lipinski definition) is 2. The number of ether oxygens (including phenoxy) is 1. The first-order chi connectivity index (χ1) is 16.9. The highest BCUT2D eigenvalue weighted by molar-refractivity contribution is 5.96. The lowest BCUT2D eigenvalue weighted by Crippen LogP contribution is -2.54. The van der Waals surface area contributed by atoms with Gasteiger partial charge in [0, 0.05) is 50.6 Å². The van der Waals surface area contributed by atoms with E-state index in [0.717, 1.165) is 43.6 Å². The lowest BCUT2D eigenvalue weighted by Gasteiger charge is -2.41. The van der Waals surface area contributed by atoms with Crippen LogP contribution in [0.3, 0.4) is 0 Å². The zero-order valence-electron chi connectivity index (χ0n) is 21.2. The van der Waals surface area contributed by atoms with Crippen molar-refractivity contribution in [2.75, 3.05) is 50.8 Å². The lowest BCUT2D eigenvalue weighted by atomic mass is 9.73. The van der Waals surface area contributed by atoms with Crippen molar-refractivity contribution in [1.29, 1.82) is 0 Å². The first-order valence-corrected chi connectivity index (χ1v) is 13.2. The molecule has 1 spiro atoms. The maximum atomic E-state index is 13.4. The molecule has 4 rings (SSSR count). The summed E-state index contributed by atoms with van der Waals surface area (Å²) >= 11 is 0. The number of piperidine rings is 1. The maximum Gasteiger partial charge on any atom is 0.253 e. The number of amides is 3. The molecule has 192 valence electrons. The molecule has 2 N–H and O–H groups in total. The first kappa shape index (κ1) is 25.5. The van der Waals surface area contributed by atoms with Gasteiger partial charge in [-0.3, -0.25) is 14.4 Å². The van der Waals surface area contributed by atoms with Crippen LogP contribution in [0.2, 0.25) is 0 Å². The van der Waals surface area contributed by atoms with Gasteiger partial charge in [0.15, 0.2) is 0 Å². The molecule has 0 bridgehead atoms. The molecule has 3 fully saturated rings. The lowest BCUT2D eigenvalue weighted by molar-refractivity contribution is -0.137. The summed E-state index contributed by atoms with van der Waals surface area (Å²) in [6.45, 7) is 8.53. The third kappa shape index (κ3) is 5.97. The SMILES string of the molecule is Cc1ccc(C(=O)N2CCC3(CCCCOCCNC(=O)[C@H](C)NC3=O)CC2)cc1N1CCCC1. The smallest absolute Gasteiger partial charge is 0.253 e. The van der Waals surface area contributed by atoms with Crippen LogP contribution in [0, 0.1) is 12.3 Å². The fourth-order valence-electron chi connectivity index (χ4n) is 5.54. The number of nitrogens with zero attached hydrogens (tertiary/aromatic N) is 2. The van der Waals surface area contributed by atoms with Crippen LogP contribution in [0.5, 0.6) is 0 Å². The van der Waals surface area contributed by atoms with Gasteiger partial charge in [-0.05, 0) is 70.1 Å². The number of anilines is 1. The Morgan fingerprint density at radius 1 is 1.00 bits per heavy atom. The second-order valence-corrected chi connectivity index (χ2v) is 10.3. The van der Waals surface area contributed by atoms with Crippen molar-refractivity contribution in [1.82, 2.24) is 15.5 Å². The Labute approximate surface area is 208 Å². The average Bonchev–Trinajstić information content (AvgIpc) is 3.40. The van der Waals surface area contributed by atoms with Gasteiger partial charge < -0.3 is 25.2 Å². The molecule has 3 saturated heterocycles. The summed E-state index contributed by atoms with van der Waals surface area (Å²) in [5.41, 5.74) is 2.51. The van der Waals surface area contributed by atoms with Crippen LogP contribution in [0.15, 0.2) is 18.2 Å². The number of carbonyl (C=O) groups excluding carboxylic acids is 3. The number of likely N-dealkylation sites (tertiary alicyclic amines) is 1. The van der Waals surface area contributed by atoms with E-state index in [1.54, 1.807) is 6.92 Å². The fraction of sp³-hybridized carbons (Fsp3) is 0.667. The van der Waals surface area contributed by atoms with Crippen molar-refractivity contribution in [3.63, 3.8) is 0 Å². The van der Waals surface area contributed by atoms with Crippen LogP contribution in [-0.4, -0.2) is 74.6 Å². The molecule has 35 heavy (non-hydrogen) atoms. The van der Waals surface area contributed by atoms with Crippen molar-refractivity contribution in [2.24, 2.45) is 5.41 Å². The Morgan fingerprint density at radius 2 is 1.74 bits per heavy atom. The summed E-state index contributed by atoms with van der Waals surface area (Å²) in [5.74, 6) is -0.234. The molecule has 0 radical (unpaired) electrons. The predicted octanol–water partition coefficient (Wildman–Crippen LogP) is 2.64. The Hall–Kier alpha value is -2.61. The van der Waals surface area contributed by atoms with Gasteiger partial charge in [-0.25, -0.2) is 0 Å². The van der Waals surface area contributed by atoms with Crippen molar-refractivity contribution >= 4 is 23.4 Å². The van der Waals surface area contributed by atoms with E-state index in [0.29, 0.717) is 45.7 Å². The molecule has 3 amide bonds. The number of benzene rings is 1. The zero-order valence-corrected chi connectivity index (χ0v) is 21.2. The van der Waals surface area contributed by atoms with Crippen LogP contribution in [0.1, 0.15) is 67.8 Å². The van der Waals surface area contributed by atoms with Crippen molar-refractivity contribution in [2.45, 2.75) is 64.8 Å². The van der Waals surface area contributed by atoms with Crippen molar-refractivity contribution in [3.05, 3.63) is 29.3 Å². The maximum absolute atomic E-state index is 13.4. The van der Waals surface area contributed by atoms with Crippen LogP contribution in [-0.2, 0) is 14.3 Å². The Bertz CT molecular complexity index is 920. The molecule has 1 atom stereocenters. The van der Waals surface area contributed by atoms with E-state index in [1.165, 1.54) is 18.4 Å². The Morgan fingerprint density at radius 3 is 2.49 bits per heavy atom.